The number of piperidine rings is 1. The van der Waals surface area contributed by atoms with E-state index in [1.54, 1.807) is 30.3 Å². The predicted octanol–water partition coefficient (Wildman–Crippen LogP) is 0.979. The van der Waals surface area contributed by atoms with Crippen LogP contribution in [0.3, 0.4) is 0 Å². The third-order valence-electron chi connectivity index (χ3n) is 3.40. The van der Waals surface area contributed by atoms with Gasteiger partial charge >= 0.3 is 12.0 Å². The van der Waals surface area contributed by atoms with E-state index < -0.39 is 18.0 Å². The molecule has 108 valence electrons. The molecule has 20 heavy (non-hydrogen) atoms. The van der Waals surface area contributed by atoms with Gasteiger partial charge in [0.05, 0.1) is 6.10 Å². The largest absolute Gasteiger partial charge is 0.479 e. The second kappa shape index (κ2) is 6.38. The molecule has 1 fully saturated rings. The maximum atomic E-state index is 12.1. The van der Waals surface area contributed by atoms with Gasteiger partial charge in [-0.15, -0.1) is 0 Å². The number of rotatable bonds is 3. The summed E-state index contributed by atoms with van der Waals surface area (Å²) < 4.78 is 0. The first kappa shape index (κ1) is 14.3. The highest BCUT2D eigenvalue weighted by molar-refractivity contribution is 5.83. The molecule has 1 aromatic rings. The molecule has 1 aliphatic rings. The van der Waals surface area contributed by atoms with Crippen LogP contribution in [0.2, 0.25) is 0 Å². The zero-order valence-electron chi connectivity index (χ0n) is 11.0. The Morgan fingerprint density at radius 3 is 2.35 bits per heavy atom. The standard InChI is InChI=1S/C14H18N2O4/c17-11-6-8-16(9-7-11)14(20)15-12(13(18)19)10-4-2-1-3-5-10/h1-5,11-12,17H,6-9H2,(H,15,20)(H,18,19). The Morgan fingerprint density at radius 1 is 1.20 bits per heavy atom. The Kier molecular flexibility index (Phi) is 4.57. The van der Waals surface area contributed by atoms with Crippen LogP contribution < -0.4 is 5.32 Å². The molecule has 1 atom stereocenters. The second-order valence-electron chi connectivity index (χ2n) is 4.85. The summed E-state index contributed by atoms with van der Waals surface area (Å²) in [5, 5.41) is 21.2. The maximum Gasteiger partial charge on any atom is 0.330 e. The second-order valence-corrected chi connectivity index (χ2v) is 4.85. The number of carbonyl (C=O) groups is 2. The Hall–Kier alpha value is -2.08. The van der Waals surface area contributed by atoms with E-state index in [1.807, 2.05) is 0 Å². The lowest BCUT2D eigenvalue weighted by molar-refractivity contribution is -0.139. The average Bonchev–Trinajstić information content (AvgIpc) is 2.46. The van der Waals surface area contributed by atoms with Gasteiger partial charge in [-0.05, 0) is 18.4 Å². The van der Waals surface area contributed by atoms with E-state index in [-0.39, 0.29) is 6.10 Å². The fraction of sp³-hybridized carbons (Fsp3) is 0.429. The molecule has 2 amide bonds. The summed E-state index contributed by atoms with van der Waals surface area (Å²) in [7, 11) is 0. The molecule has 3 N–H and O–H groups in total. The van der Waals surface area contributed by atoms with E-state index >= 15 is 0 Å². The van der Waals surface area contributed by atoms with Crippen molar-refractivity contribution in [3.8, 4) is 0 Å². The Morgan fingerprint density at radius 2 is 1.80 bits per heavy atom. The number of aliphatic hydroxyl groups is 1. The van der Waals surface area contributed by atoms with Gasteiger partial charge in [0.25, 0.3) is 0 Å². The fourth-order valence-electron chi connectivity index (χ4n) is 2.22. The maximum absolute atomic E-state index is 12.1. The molecule has 2 rings (SSSR count). The molecule has 0 saturated carbocycles. The third-order valence-corrected chi connectivity index (χ3v) is 3.40. The smallest absolute Gasteiger partial charge is 0.330 e. The number of carbonyl (C=O) groups excluding carboxylic acids is 1. The molecular weight excluding hydrogens is 260 g/mol. The predicted molar refractivity (Wildman–Crippen MR) is 72.2 cm³/mol. The molecule has 1 saturated heterocycles. The molecule has 6 heteroatoms. The minimum atomic E-state index is -1.10. The number of carboxylic acid groups (broad SMARTS) is 1. The van der Waals surface area contributed by atoms with Gasteiger partial charge in [-0.3, -0.25) is 0 Å². The van der Waals surface area contributed by atoms with E-state index in [9.17, 15) is 19.8 Å². The lowest BCUT2D eigenvalue weighted by Gasteiger charge is -2.30. The minimum Gasteiger partial charge on any atom is -0.479 e. The highest BCUT2D eigenvalue weighted by atomic mass is 16.4. The van der Waals surface area contributed by atoms with E-state index in [0.29, 0.717) is 31.5 Å². The number of hydrogen-bond donors (Lipinski definition) is 3. The highest BCUT2D eigenvalue weighted by Crippen LogP contribution is 2.15. The van der Waals surface area contributed by atoms with Crippen LogP contribution in [0.4, 0.5) is 4.79 Å². The average molecular weight is 278 g/mol. The van der Waals surface area contributed by atoms with Crippen molar-refractivity contribution in [3.63, 3.8) is 0 Å². The van der Waals surface area contributed by atoms with Crippen molar-refractivity contribution >= 4 is 12.0 Å². The van der Waals surface area contributed by atoms with Crippen LogP contribution in [0, 0.1) is 0 Å². The Labute approximate surface area is 117 Å². The Bertz CT molecular complexity index is 469. The molecular formula is C14H18N2O4. The Balaban J connectivity index is 2.02. The number of aliphatic hydroxyl groups excluding tert-OH is 1. The molecule has 0 aromatic heterocycles. The topological polar surface area (TPSA) is 89.9 Å². The van der Waals surface area contributed by atoms with Gasteiger partial charge in [-0.1, -0.05) is 30.3 Å². The molecule has 1 unspecified atom stereocenters. The number of urea groups is 1. The van der Waals surface area contributed by atoms with Crippen molar-refractivity contribution in [2.75, 3.05) is 13.1 Å². The molecule has 0 aliphatic carbocycles. The van der Waals surface area contributed by atoms with Crippen LogP contribution in [0.5, 0.6) is 0 Å². The lowest BCUT2D eigenvalue weighted by atomic mass is 10.1. The molecule has 1 aliphatic heterocycles. The van der Waals surface area contributed by atoms with Gasteiger partial charge in [0.2, 0.25) is 0 Å². The summed E-state index contributed by atoms with van der Waals surface area (Å²) >= 11 is 0. The number of nitrogens with one attached hydrogen (secondary N) is 1. The quantitative estimate of drug-likeness (QED) is 0.768. The molecule has 0 bridgehead atoms. The van der Waals surface area contributed by atoms with Crippen LogP contribution in [0.25, 0.3) is 0 Å². The number of amides is 2. The molecule has 0 spiro atoms. The van der Waals surface area contributed by atoms with Gasteiger partial charge in [0, 0.05) is 13.1 Å². The third kappa shape index (κ3) is 3.48. The van der Waals surface area contributed by atoms with Crippen molar-refractivity contribution in [2.24, 2.45) is 0 Å². The van der Waals surface area contributed by atoms with Gasteiger partial charge in [-0.2, -0.15) is 0 Å². The van der Waals surface area contributed by atoms with Gasteiger partial charge in [-0.25, -0.2) is 9.59 Å². The van der Waals surface area contributed by atoms with Crippen molar-refractivity contribution in [1.29, 1.82) is 0 Å². The van der Waals surface area contributed by atoms with Crippen molar-refractivity contribution in [2.45, 2.75) is 25.0 Å². The molecule has 1 aromatic carbocycles. The monoisotopic (exact) mass is 278 g/mol. The van der Waals surface area contributed by atoms with E-state index in [0.717, 1.165) is 0 Å². The van der Waals surface area contributed by atoms with Gasteiger partial charge in [0.1, 0.15) is 0 Å². The van der Waals surface area contributed by atoms with Crippen LogP contribution in [0.1, 0.15) is 24.4 Å². The zero-order valence-corrected chi connectivity index (χ0v) is 11.0. The van der Waals surface area contributed by atoms with E-state index in [1.165, 1.54) is 4.90 Å². The van der Waals surface area contributed by atoms with Crippen molar-refractivity contribution in [3.05, 3.63) is 35.9 Å². The summed E-state index contributed by atoms with van der Waals surface area (Å²) in [4.78, 5) is 24.9. The first-order valence-corrected chi connectivity index (χ1v) is 6.59. The van der Waals surface area contributed by atoms with Gasteiger partial charge < -0.3 is 20.4 Å². The summed E-state index contributed by atoms with van der Waals surface area (Å²) in [5.74, 6) is -1.10. The first-order valence-electron chi connectivity index (χ1n) is 6.59. The minimum absolute atomic E-state index is 0.372. The van der Waals surface area contributed by atoms with Crippen LogP contribution in [-0.4, -0.2) is 46.3 Å². The van der Waals surface area contributed by atoms with Crippen molar-refractivity contribution < 1.29 is 19.8 Å². The number of benzene rings is 1. The number of aliphatic carboxylic acids is 1. The summed E-state index contributed by atoms with van der Waals surface area (Å²) in [6.07, 6.45) is 0.677. The zero-order chi connectivity index (χ0) is 14.5. The lowest BCUT2D eigenvalue weighted by Crippen LogP contribution is -2.47. The van der Waals surface area contributed by atoms with E-state index in [2.05, 4.69) is 5.32 Å². The van der Waals surface area contributed by atoms with Crippen molar-refractivity contribution in [1.82, 2.24) is 10.2 Å². The van der Waals surface area contributed by atoms with Gasteiger partial charge in [0.15, 0.2) is 6.04 Å². The van der Waals surface area contributed by atoms with Crippen LogP contribution in [-0.2, 0) is 4.79 Å². The highest BCUT2D eigenvalue weighted by Gasteiger charge is 2.26. The van der Waals surface area contributed by atoms with E-state index in [4.69, 9.17) is 0 Å². The first-order chi connectivity index (χ1) is 9.58. The molecule has 1 heterocycles. The number of likely N-dealkylation sites (tertiary alicyclic amines) is 1. The number of hydrogen-bond acceptors (Lipinski definition) is 3. The molecule has 6 nitrogen and oxygen atoms in total. The summed E-state index contributed by atoms with van der Waals surface area (Å²) in [6.45, 7) is 0.877. The SMILES string of the molecule is O=C(O)C(NC(=O)N1CCC(O)CC1)c1ccccc1. The number of carboxylic acids is 1. The van der Waals surface area contributed by atoms with Crippen LogP contribution >= 0.6 is 0 Å². The fourth-order valence-corrected chi connectivity index (χ4v) is 2.22. The number of nitrogens with zero attached hydrogens (tertiary/aromatic N) is 1. The summed E-state index contributed by atoms with van der Waals surface area (Å²) in [5.41, 5.74) is 0.533. The molecule has 0 radical (unpaired) electrons. The summed E-state index contributed by atoms with van der Waals surface area (Å²) in [6, 6.07) is 7.11. The normalized spacial score (nSPS) is 17.6. The van der Waals surface area contributed by atoms with Crippen LogP contribution in [0.15, 0.2) is 30.3 Å².